The molecule has 2 saturated carbocycles. The third-order valence-electron chi connectivity index (χ3n) is 5.16. The Morgan fingerprint density at radius 2 is 1.89 bits per heavy atom. The second-order valence-corrected chi connectivity index (χ2v) is 6.45. The van der Waals surface area contributed by atoms with Crippen molar-refractivity contribution in [3.05, 3.63) is 11.7 Å². The lowest BCUT2D eigenvalue weighted by molar-refractivity contribution is 0.265. The molecule has 1 heterocycles. The Morgan fingerprint density at radius 3 is 2.53 bits per heavy atom. The van der Waals surface area contributed by atoms with Gasteiger partial charge in [0.05, 0.1) is 5.54 Å². The van der Waals surface area contributed by atoms with Gasteiger partial charge in [0.25, 0.3) is 0 Å². The van der Waals surface area contributed by atoms with Crippen LogP contribution in [0, 0.1) is 5.92 Å². The van der Waals surface area contributed by atoms with Gasteiger partial charge < -0.3 is 10.3 Å². The molecule has 2 fully saturated rings. The fourth-order valence-electron chi connectivity index (χ4n) is 3.65. The maximum absolute atomic E-state index is 6.38. The monoisotopic (exact) mass is 263 g/mol. The van der Waals surface area contributed by atoms with Crippen molar-refractivity contribution >= 4 is 0 Å². The number of rotatable bonds is 3. The Morgan fingerprint density at radius 1 is 1.21 bits per heavy atom. The predicted molar refractivity (Wildman–Crippen MR) is 73.6 cm³/mol. The van der Waals surface area contributed by atoms with Crippen LogP contribution in [0.3, 0.4) is 0 Å². The first-order chi connectivity index (χ1) is 9.21. The summed E-state index contributed by atoms with van der Waals surface area (Å²) in [7, 11) is 0. The molecular weight excluding hydrogens is 238 g/mol. The first-order valence-electron chi connectivity index (χ1n) is 7.84. The van der Waals surface area contributed by atoms with E-state index in [0.29, 0.717) is 5.92 Å². The molecule has 19 heavy (non-hydrogen) atoms. The van der Waals surface area contributed by atoms with E-state index in [1.54, 1.807) is 0 Å². The summed E-state index contributed by atoms with van der Waals surface area (Å²) in [6.45, 7) is 2.29. The fourth-order valence-corrected chi connectivity index (χ4v) is 3.65. The summed E-state index contributed by atoms with van der Waals surface area (Å²) in [6, 6.07) is 0. The van der Waals surface area contributed by atoms with E-state index in [9.17, 15) is 0 Å². The molecule has 2 aliphatic rings. The highest BCUT2D eigenvalue weighted by atomic mass is 16.5. The topological polar surface area (TPSA) is 64.9 Å². The number of hydrogen-bond donors (Lipinski definition) is 1. The van der Waals surface area contributed by atoms with Gasteiger partial charge in [-0.25, -0.2) is 0 Å². The van der Waals surface area contributed by atoms with Crippen LogP contribution >= 0.6 is 0 Å². The summed E-state index contributed by atoms with van der Waals surface area (Å²) in [6.07, 6.45) is 10.6. The molecule has 0 atom stereocenters. The zero-order valence-corrected chi connectivity index (χ0v) is 11.9. The quantitative estimate of drug-likeness (QED) is 0.906. The molecule has 0 amide bonds. The average molecular weight is 263 g/mol. The third kappa shape index (κ3) is 2.55. The van der Waals surface area contributed by atoms with Crippen molar-refractivity contribution in [1.29, 1.82) is 0 Å². The predicted octanol–water partition coefficient (Wildman–Crippen LogP) is 3.48. The van der Waals surface area contributed by atoms with Crippen LogP contribution in [0.15, 0.2) is 4.52 Å². The van der Waals surface area contributed by atoms with E-state index in [1.165, 1.54) is 44.9 Å². The van der Waals surface area contributed by atoms with E-state index >= 15 is 0 Å². The molecule has 0 spiro atoms. The second-order valence-electron chi connectivity index (χ2n) is 6.45. The maximum Gasteiger partial charge on any atom is 0.229 e. The van der Waals surface area contributed by atoms with Crippen LogP contribution in [-0.2, 0) is 5.54 Å². The Hall–Kier alpha value is -0.900. The normalized spacial score (nSPS) is 30.6. The number of aromatic nitrogens is 2. The Bertz CT molecular complexity index is 415. The molecule has 106 valence electrons. The van der Waals surface area contributed by atoms with Crippen molar-refractivity contribution in [2.24, 2.45) is 11.7 Å². The zero-order valence-electron chi connectivity index (χ0n) is 11.9. The van der Waals surface area contributed by atoms with Gasteiger partial charge in [0, 0.05) is 5.92 Å². The molecule has 4 nitrogen and oxygen atoms in total. The molecule has 3 rings (SSSR count). The van der Waals surface area contributed by atoms with Crippen LogP contribution in [-0.4, -0.2) is 10.1 Å². The molecule has 0 aromatic carbocycles. The Balaban J connectivity index is 1.68. The molecule has 1 aromatic heterocycles. The lowest BCUT2D eigenvalue weighted by Gasteiger charge is -2.25. The van der Waals surface area contributed by atoms with Gasteiger partial charge in [0.2, 0.25) is 5.89 Å². The van der Waals surface area contributed by atoms with Crippen molar-refractivity contribution in [3.8, 4) is 0 Å². The molecule has 0 bridgehead atoms. The van der Waals surface area contributed by atoms with E-state index in [1.807, 2.05) is 0 Å². The van der Waals surface area contributed by atoms with Crippen molar-refractivity contribution in [2.45, 2.75) is 76.2 Å². The lowest BCUT2D eigenvalue weighted by Crippen LogP contribution is -2.34. The van der Waals surface area contributed by atoms with Crippen molar-refractivity contribution < 1.29 is 4.52 Å². The van der Waals surface area contributed by atoms with Crippen LogP contribution in [0.5, 0.6) is 0 Å². The summed E-state index contributed by atoms with van der Waals surface area (Å²) >= 11 is 0. The molecule has 1 aromatic rings. The molecule has 2 N–H and O–H groups in total. The molecule has 2 aliphatic carbocycles. The second kappa shape index (κ2) is 5.23. The minimum absolute atomic E-state index is 0.317. The minimum atomic E-state index is -0.317. The van der Waals surface area contributed by atoms with Gasteiger partial charge in [-0.15, -0.1) is 0 Å². The van der Waals surface area contributed by atoms with E-state index < -0.39 is 0 Å². The molecule has 0 saturated heterocycles. The Kier molecular flexibility index (Phi) is 3.61. The SMILES string of the molecule is CCC1CCC(c2nc(C3(N)CCCC3)no2)CC1. The summed E-state index contributed by atoms with van der Waals surface area (Å²) in [5, 5.41) is 4.17. The van der Waals surface area contributed by atoms with Gasteiger partial charge >= 0.3 is 0 Å². The first kappa shape index (κ1) is 13.1. The number of hydrogen-bond acceptors (Lipinski definition) is 4. The summed E-state index contributed by atoms with van der Waals surface area (Å²) in [5.74, 6) is 2.95. The third-order valence-corrected chi connectivity index (χ3v) is 5.16. The van der Waals surface area contributed by atoms with Crippen LogP contribution in [0.1, 0.15) is 82.3 Å². The van der Waals surface area contributed by atoms with Crippen molar-refractivity contribution in [2.75, 3.05) is 0 Å². The molecule has 0 radical (unpaired) electrons. The molecule has 4 heteroatoms. The summed E-state index contributed by atoms with van der Waals surface area (Å²) in [4.78, 5) is 4.64. The maximum atomic E-state index is 6.38. The molecular formula is C15H25N3O. The highest BCUT2D eigenvalue weighted by Gasteiger charge is 2.37. The van der Waals surface area contributed by atoms with Crippen LogP contribution in [0.25, 0.3) is 0 Å². The van der Waals surface area contributed by atoms with Crippen LogP contribution in [0.2, 0.25) is 0 Å². The van der Waals surface area contributed by atoms with Gasteiger partial charge in [-0.3, -0.25) is 0 Å². The van der Waals surface area contributed by atoms with Gasteiger partial charge in [-0.1, -0.05) is 31.3 Å². The highest BCUT2D eigenvalue weighted by molar-refractivity contribution is 5.08. The summed E-state index contributed by atoms with van der Waals surface area (Å²) < 4.78 is 5.51. The molecule has 0 aliphatic heterocycles. The van der Waals surface area contributed by atoms with E-state index in [4.69, 9.17) is 10.3 Å². The number of nitrogens with zero attached hydrogens (tertiary/aromatic N) is 2. The van der Waals surface area contributed by atoms with Gasteiger partial charge in [0.1, 0.15) is 0 Å². The van der Waals surface area contributed by atoms with E-state index in [2.05, 4.69) is 17.1 Å². The van der Waals surface area contributed by atoms with Gasteiger partial charge in [0.15, 0.2) is 5.82 Å². The van der Waals surface area contributed by atoms with E-state index in [0.717, 1.165) is 30.5 Å². The highest BCUT2D eigenvalue weighted by Crippen LogP contribution is 2.38. The Labute approximate surface area is 115 Å². The fraction of sp³-hybridized carbons (Fsp3) is 0.867. The van der Waals surface area contributed by atoms with E-state index in [-0.39, 0.29) is 5.54 Å². The van der Waals surface area contributed by atoms with Crippen LogP contribution in [0.4, 0.5) is 0 Å². The number of nitrogens with two attached hydrogens (primary N) is 1. The summed E-state index contributed by atoms with van der Waals surface area (Å²) in [5.41, 5.74) is 6.06. The van der Waals surface area contributed by atoms with Gasteiger partial charge in [-0.05, 0) is 44.4 Å². The minimum Gasteiger partial charge on any atom is -0.339 e. The van der Waals surface area contributed by atoms with Crippen LogP contribution < -0.4 is 5.73 Å². The lowest BCUT2D eigenvalue weighted by atomic mass is 9.81. The standard InChI is InChI=1S/C15H25N3O/c1-2-11-5-7-12(8-6-11)13-17-14(18-19-13)15(16)9-3-4-10-15/h11-12H,2-10,16H2,1H3. The smallest absolute Gasteiger partial charge is 0.229 e. The van der Waals surface area contributed by atoms with Crippen molar-refractivity contribution in [1.82, 2.24) is 10.1 Å². The first-order valence-corrected chi connectivity index (χ1v) is 7.84. The largest absolute Gasteiger partial charge is 0.339 e. The van der Waals surface area contributed by atoms with Crippen molar-refractivity contribution in [3.63, 3.8) is 0 Å². The molecule has 0 unspecified atom stereocenters. The average Bonchev–Trinajstić information content (AvgIpc) is 3.08. The zero-order chi connectivity index (χ0) is 13.3. The van der Waals surface area contributed by atoms with Gasteiger partial charge in [-0.2, -0.15) is 4.98 Å².